The quantitative estimate of drug-likeness (QED) is 0.546. The van der Waals surface area contributed by atoms with Crippen LogP contribution in [-0.4, -0.2) is 43.2 Å². The van der Waals surface area contributed by atoms with Crippen LogP contribution in [0.25, 0.3) is 0 Å². The molecule has 11 heteroatoms. The van der Waals surface area contributed by atoms with Crippen LogP contribution in [0.1, 0.15) is 16.8 Å². The van der Waals surface area contributed by atoms with Gasteiger partial charge in [0.05, 0.1) is 17.0 Å². The molecule has 1 unspecified atom stereocenters. The molecule has 1 aliphatic rings. The van der Waals surface area contributed by atoms with Gasteiger partial charge in [-0.15, -0.1) is 0 Å². The van der Waals surface area contributed by atoms with Crippen LogP contribution in [0.15, 0.2) is 59.6 Å². The van der Waals surface area contributed by atoms with Crippen molar-refractivity contribution in [2.75, 3.05) is 0 Å². The maximum absolute atomic E-state index is 12.6. The first-order valence-electron chi connectivity index (χ1n) is 8.27. The van der Waals surface area contributed by atoms with Crippen LogP contribution in [-0.2, 0) is 9.59 Å². The molecule has 0 aromatic heterocycles. The number of carboxylic acids is 1. The van der Waals surface area contributed by atoms with E-state index >= 15 is 0 Å². The maximum Gasteiger partial charge on any atom is 0.305 e. The lowest BCUT2D eigenvalue weighted by atomic mass is 10.2. The molecule has 1 atom stereocenters. The molecule has 2 aromatic carbocycles. The number of nitrogens with one attached hydrogen (secondary N) is 1. The van der Waals surface area contributed by atoms with Crippen LogP contribution in [0.2, 0.25) is 0 Å². The summed E-state index contributed by atoms with van der Waals surface area (Å²) in [4.78, 5) is 50.6. The first-order valence-corrected chi connectivity index (χ1v) is 9.14. The Morgan fingerprint density at radius 2 is 1.83 bits per heavy atom. The number of aliphatic imine (C=N–C) groups is 1. The second-order valence-electron chi connectivity index (χ2n) is 5.85. The molecule has 2 aromatic rings. The lowest BCUT2D eigenvalue weighted by Gasteiger charge is -2.17. The number of nitrogens with zero attached hydrogens (tertiary/aromatic N) is 3. The Hall–Kier alpha value is -3.73. The average Bonchev–Trinajstić information content (AvgIpc) is 2.97. The fourth-order valence-electron chi connectivity index (χ4n) is 2.45. The number of rotatable bonds is 6. The van der Waals surface area contributed by atoms with Gasteiger partial charge in [-0.1, -0.05) is 30.0 Å². The Kier molecular flexibility index (Phi) is 5.88. The van der Waals surface area contributed by atoms with Gasteiger partial charge < -0.3 is 5.11 Å². The van der Waals surface area contributed by atoms with Crippen molar-refractivity contribution < 1.29 is 24.4 Å². The number of aliphatic carboxylic acids is 1. The first-order chi connectivity index (χ1) is 13.8. The number of para-hydroxylation sites is 1. The molecule has 1 aliphatic heterocycles. The number of benzene rings is 2. The van der Waals surface area contributed by atoms with Crippen LogP contribution in [0.4, 0.5) is 11.4 Å². The summed E-state index contributed by atoms with van der Waals surface area (Å²) in [6.45, 7) is 0. The number of amides is 2. The number of thioether (sulfide) groups is 1. The molecule has 10 nitrogen and oxygen atoms in total. The summed E-state index contributed by atoms with van der Waals surface area (Å²) < 4.78 is 0. The molecule has 3 rings (SSSR count). The summed E-state index contributed by atoms with van der Waals surface area (Å²) in [6, 6.07) is 13.5. The number of carbonyl (C=O) groups excluding carboxylic acids is 2. The van der Waals surface area contributed by atoms with Gasteiger partial charge in [0.2, 0.25) is 0 Å². The zero-order chi connectivity index (χ0) is 21.0. The molecule has 0 saturated carbocycles. The predicted octanol–water partition coefficient (Wildman–Crippen LogP) is 2.35. The number of carboxylic acid groups (broad SMARTS) is 1. The Morgan fingerprint density at radius 3 is 2.41 bits per heavy atom. The smallest absolute Gasteiger partial charge is 0.305 e. The molecule has 1 saturated heterocycles. The number of amidine groups is 1. The Morgan fingerprint density at radius 1 is 1.17 bits per heavy atom. The van der Waals surface area contributed by atoms with Crippen LogP contribution in [0.5, 0.6) is 0 Å². The van der Waals surface area contributed by atoms with Crippen LogP contribution >= 0.6 is 11.8 Å². The van der Waals surface area contributed by atoms with Gasteiger partial charge in [0.15, 0.2) is 5.17 Å². The van der Waals surface area contributed by atoms with Gasteiger partial charge in [-0.05, 0) is 24.3 Å². The molecule has 0 aliphatic carbocycles. The largest absolute Gasteiger partial charge is 0.481 e. The van der Waals surface area contributed by atoms with Crippen molar-refractivity contribution in [3.05, 3.63) is 70.3 Å². The highest BCUT2D eigenvalue weighted by Gasteiger charge is 2.40. The van der Waals surface area contributed by atoms with Crippen molar-refractivity contribution in [3.8, 4) is 0 Å². The minimum Gasteiger partial charge on any atom is -0.481 e. The average molecular weight is 414 g/mol. The molecular weight excluding hydrogens is 400 g/mol. The molecule has 1 fully saturated rings. The second kappa shape index (κ2) is 8.52. The molecule has 0 radical (unpaired) electrons. The highest BCUT2D eigenvalue weighted by Crippen LogP contribution is 2.30. The number of nitro benzene ring substituents is 1. The monoisotopic (exact) mass is 414 g/mol. The number of hydrogen-bond acceptors (Lipinski definition) is 7. The van der Waals surface area contributed by atoms with Gasteiger partial charge in [-0.3, -0.25) is 29.9 Å². The van der Waals surface area contributed by atoms with Crippen LogP contribution in [0.3, 0.4) is 0 Å². The summed E-state index contributed by atoms with van der Waals surface area (Å²) in [7, 11) is 0. The SMILES string of the molecule is O=C(O)CC1SC(=Nc2ccccc2)N(NC(=O)c2ccc([N+](=O)[O-])cc2)C1=O. The van der Waals surface area contributed by atoms with E-state index in [2.05, 4.69) is 10.4 Å². The van der Waals surface area contributed by atoms with Crippen molar-refractivity contribution in [1.82, 2.24) is 10.4 Å². The van der Waals surface area contributed by atoms with E-state index in [1.54, 1.807) is 30.3 Å². The Bertz CT molecular complexity index is 993. The van der Waals surface area contributed by atoms with Crippen molar-refractivity contribution in [3.63, 3.8) is 0 Å². The predicted molar refractivity (Wildman–Crippen MR) is 105 cm³/mol. The van der Waals surface area contributed by atoms with Crippen LogP contribution < -0.4 is 5.43 Å². The van der Waals surface area contributed by atoms with Crippen molar-refractivity contribution in [1.29, 1.82) is 0 Å². The van der Waals surface area contributed by atoms with E-state index < -0.39 is 34.4 Å². The highest BCUT2D eigenvalue weighted by atomic mass is 32.2. The zero-order valence-electron chi connectivity index (χ0n) is 14.7. The molecular formula is C18H14N4O6S. The van der Waals surface area contributed by atoms with E-state index in [0.717, 1.165) is 16.8 Å². The normalized spacial score (nSPS) is 17.4. The summed E-state index contributed by atoms with van der Waals surface area (Å²) in [5.41, 5.74) is 2.83. The van der Waals surface area contributed by atoms with E-state index in [1.807, 2.05) is 0 Å². The molecule has 29 heavy (non-hydrogen) atoms. The maximum atomic E-state index is 12.6. The fourth-order valence-corrected chi connectivity index (χ4v) is 3.53. The molecule has 0 spiro atoms. The second-order valence-corrected chi connectivity index (χ2v) is 7.02. The summed E-state index contributed by atoms with van der Waals surface area (Å²) in [5, 5.41) is 19.8. The third-order valence-electron chi connectivity index (χ3n) is 3.83. The minimum absolute atomic E-state index is 0.0918. The lowest BCUT2D eigenvalue weighted by molar-refractivity contribution is -0.384. The number of non-ortho nitro benzene ring substituents is 1. The van der Waals surface area contributed by atoms with Gasteiger partial charge in [0.1, 0.15) is 5.25 Å². The molecule has 1 heterocycles. The number of nitro groups is 1. The number of hydrazine groups is 1. The number of hydrogen-bond donors (Lipinski definition) is 2. The fraction of sp³-hybridized carbons (Fsp3) is 0.111. The minimum atomic E-state index is -1.15. The van der Waals surface area contributed by atoms with Gasteiger partial charge in [-0.25, -0.2) is 4.99 Å². The lowest BCUT2D eigenvalue weighted by Crippen LogP contribution is -2.46. The Labute approximate surface area is 168 Å². The molecule has 2 amide bonds. The number of carbonyl (C=O) groups is 3. The standard InChI is InChI=1S/C18H14N4O6S/c23-15(24)10-14-17(26)21(18(29-14)19-12-4-2-1-3-5-12)20-16(25)11-6-8-13(9-7-11)22(27)28/h1-9,14H,10H2,(H,20,25)(H,23,24). The van der Waals surface area contributed by atoms with E-state index in [-0.39, 0.29) is 16.4 Å². The Balaban J connectivity index is 1.85. The summed E-state index contributed by atoms with van der Waals surface area (Å²) in [5.74, 6) is -2.47. The van der Waals surface area contributed by atoms with E-state index in [9.17, 15) is 24.5 Å². The van der Waals surface area contributed by atoms with Gasteiger partial charge in [0.25, 0.3) is 17.5 Å². The van der Waals surface area contributed by atoms with Crippen molar-refractivity contribution in [2.24, 2.45) is 4.99 Å². The summed E-state index contributed by atoms with van der Waals surface area (Å²) in [6.07, 6.45) is -0.429. The third kappa shape index (κ3) is 4.76. The van der Waals surface area contributed by atoms with Crippen molar-refractivity contribution in [2.45, 2.75) is 11.7 Å². The summed E-state index contributed by atoms with van der Waals surface area (Å²) >= 11 is 0.935. The van der Waals surface area contributed by atoms with Crippen LogP contribution in [0, 0.1) is 10.1 Å². The van der Waals surface area contributed by atoms with E-state index in [1.165, 1.54) is 24.3 Å². The van der Waals surface area contributed by atoms with Gasteiger partial charge in [0, 0.05) is 17.7 Å². The topological polar surface area (TPSA) is 142 Å². The highest BCUT2D eigenvalue weighted by molar-refractivity contribution is 8.15. The van der Waals surface area contributed by atoms with Gasteiger partial charge >= 0.3 is 5.97 Å². The molecule has 148 valence electrons. The van der Waals surface area contributed by atoms with E-state index in [0.29, 0.717) is 5.69 Å². The molecule has 0 bridgehead atoms. The van der Waals surface area contributed by atoms with E-state index in [4.69, 9.17) is 5.11 Å². The van der Waals surface area contributed by atoms with Gasteiger partial charge in [-0.2, -0.15) is 5.01 Å². The third-order valence-corrected chi connectivity index (χ3v) is 4.97. The molecule has 2 N–H and O–H groups in total. The zero-order valence-corrected chi connectivity index (χ0v) is 15.5. The first kappa shape index (κ1) is 20.0. The van der Waals surface area contributed by atoms with Crippen molar-refractivity contribution >= 4 is 46.1 Å².